The highest BCUT2D eigenvalue weighted by Gasteiger charge is 2.22. The van der Waals surface area contributed by atoms with Crippen LogP contribution in [0.25, 0.3) is 0 Å². The van der Waals surface area contributed by atoms with Crippen LogP contribution >= 0.6 is 0 Å². The molecular weight excluding hydrogens is 322 g/mol. The summed E-state index contributed by atoms with van der Waals surface area (Å²) in [5.41, 5.74) is 2.78. The summed E-state index contributed by atoms with van der Waals surface area (Å²) in [6, 6.07) is 16.1. The molecule has 0 saturated carbocycles. The maximum atomic E-state index is 11.6. The first kappa shape index (κ1) is 17.0. The highest BCUT2D eigenvalue weighted by Crippen LogP contribution is 2.22. The molecule has 0 bridgehead atoms. The molecule has 6 heteroatoms. The zero-order chi connectivity index (χ0) is 17.2. The molecule has 1 aliphatic heterocycles. The first-order valence-corrected chi connectivity index (χ1v) is 9.63. The van der Waals surface area contributed by atoms with Gasteiger partial charge in [-0.2, -0.15) is 0 Å². The van der Waals surface area contributed by atoms with E-state index in [0.717, 1.165) is 31.7 Å². The first-order valence-electron chi connectivity index (χ1n) is 8.08. The second kappa shape index (κ2) is 6.93. The van der Waals surface area contributed by atoms with Gasteiger partial charge in [-0.1, -0.05) is 36.4 Å². The van der Waals surface area contributed by atoms with E-state index >= 15 is 0 Å². The van der Waals surface area contributed by atoms with Crippen LogP contribution in [0.3, 0.4) is 0 Å². The van der Waals surface area contributed by atoms with Crippen molar-refractivity contribution in [2.24, 2.45) is 5.14 Å². The lowest BCUT2D eigenvalue weighted by Gasteiger charge is -2.18. The smallest absolute Gasteiger partial charge is 0.238 e. The van der Waals surface area contributed by atoms with Crippen molar-refractivity contribution < 1.29 is 8.42 Å². The molecule has 1 aliphatic rings. The summed E-state index contributed by atoms with van der Waals surface area (Å²) >= 11 is 0. The summed E-state index contributed by atoms with van der Waals surface area (Å²) in [5, 5.41) is 8.71. The number of nitrogens with two attached hydrogens (primary N) is 1. The Balaban J connectivity index is 1.64. The van der Waals surface area contributed by atoms with Crippen molar-refractivity contribution in [2.45, 2.75) is 30.8 Å². The van der Waals surface area contributed by atoms with E-state index in [0.29, 0.717) is 11.6 Å². The van der Waals surface area contributed by atoms with E-state index in [1.54, 1.807) is 19.1 Å². The number of aryl methyl sites for hydroxylation is 1. The van der Waals surface area contributed by atoms with Crippen LogP contribution in [-0.4, -0.2) is 32.4 Å². The minimum absolute atomic E-state index is 0.187. The second-order valence-corrected chi connectivity index (χ2v) is 7.91. The molecule has 0 radical (unpaired) electrons. The molecule has 3 rings (SSSR count). The number of likely N-dealkylation sites (tertiary alicyclic amines) is 1. The molecule has 2 aromatic rings. The molecule has 0 aliphatic carbocycles. The molecule has 1 unspecified atom stereocenters. The monoisotopic (exact) mass is 345 g/mol. The highest BCUT2D eigenvalue weighted by atomic mass is 32.2. The number of anilines is 1. The number of primary sulfonamides is 1. The topological polar surface area (TPSA) is 75.4 Å². The van der Waals surface area contributed by atoms with Gasteiger partial charge < -0.3 is 5.32 Å². The standard InChI is InChI=1S/C18H23N3O2S/c1-14-7-8-16(11-18(14)24(19,22)23)20-17-9-10-21(13-17)12-15-5-3-2-4-6-15/h2-8,11,17,20H,9-10,12-13H2,1H3,(H2,19,22,23). The third-order valence-electron chi connectivity index (χ3n) is 4.39. The van der Waals surface area contributed by atoms with Crippen molar-refractivity contribution in [1.82, 2.24) is 4.90 Å². The number of nitrogens with one attached hydrogen (secondary N) is 1. The average Bonchev–Trinajstić information content (AvgIpc) is 2.96. The van der Waals surface area contributed by atoms with Gasteiger partial charge in [-0.3, -0.25) is 4.90 Å². The van der Waals surface area contributed by atoms with Crippen LogP contribution < -0.4 is 10.5 Å². The molecular formula is C18H23N3O2S. The second-order valence-electron chi connectivity index (χ2n) is 6.38. The Hall–Kier alpha value is -1.89. The highest BCUT2D eigenvalue weighted by molar-refractivity contribution is 7.89. The molecule has 0 amide bonds. The van der Waals surface area contributed by atoms with Crippen LogP contribution in [0, 0.1) is 6.92 Å². The van der Waals surface area contributed by atoms with Gasteiger partial charge in [0.15, 0.2) is 0 Å². The van der Waals surface area contributed by atoms with E-state index < -0.39 is 10.0 Å². The van der Waals surface area contributed by atoms with Crippen LogP contribution in [0.1, 0.15) is 17.5 Å². The summed E-state index contributed by atoms with van der Waals surface area (Å²) in [5.74, 6) is 0. The number of rotatable bonds is 5. The molecule has 5 nitrogen and oxygen atoms in total. The Morgan fingerprint density at radius 3 is 2.67 bits per heavy atom. The van der Waals surface area contributed by atoms with Crippen molar-refractivity contribution in [2.75, 3.05) is 18.4 Å². The maximum absolute atomic E-state index is 11.6. The van der Waals surface area contributed by atoms with Crippen molar-refractivity contribution in [3.8, 4) is 0 Å². The predicted molar refractivity (Wildman–Crippen MR) is 96.3 cm³/mol. The van der Waals surface area contributed by atoms with Crippen molar-refractivity contribution in [1.29, 1.82) is 0 Å². The van der Waals surface area contributed by atoms with E-state index in [-0.39, 0.29) is 4.90 Å². The fourth-order valence-corrected chi connectivity index (χ4v) is 3.98. The molecule has 1 saturated heterocycles. The number of nitrogens with zero attached hydrogens (tertiary/aromatic N) is 1. The Kier molecular flexibility index (Phi) is 4.89. The predicted octanol–water partition coefficient (Wildman–Crippen LogP) is 2.33. The largest absolute Gasteiger partial charge is 0.381 e. The zero-order valence-electron chi connectivity index (χ0n) is 13.8. The fourth-order valence-electron chi connectivity index (χ4n) is 3.17. The summed E-state index contributed by atoms with van der Waals surface area (Å²) in [6.45, 7) is 4.66. The molecule has 1 atom stereocenters. The number of hydrogen-bond donors (Lipinski definition) is 2. The minimum atomic E-state index is -3.69. The van der Waals surface area contributed by atoms with Gasteiger partial charge in [-0.15, -0.1) is 0 Å². The van der Waals surface area contributed by atoms with E-state index in [1.165, 1.54) is 5.56 Å². The van der Waals surface area contributed by atoms with Gasteiger partial charge in [0, 0.05) is 31.4 Å². The Bertz CT molecular complexity index is 806. The van der Waals surface area contributed by atoms with E-state index in [9.17, 15) is 8.42 Å². The molecule has 1 fully saturated rings. The third kappa shape index (κ3) is 4.14. The molecule has 2 aromatic carbocycles. The summed E-state index contributed by atoms with van der Waals surface area (Å²) in [7, 11) is -3.69. The van der Waals surface area contributed by atoms with E-state index in [4.69, 9.17) is 5.14 Å². The van der Waals surface area contributed by atoms with E-state index in [2.05, 4.69) is 34.5 Å². The molecule has 24 heavy (non-hydrogen) atoms. The normalized spacial score (nSPS) is 18.7. The quantitative estimate of drug-likeness (QED) is 0.872. The lowest BCUT2D eigenvalue weighted by atomic mass is 10.2. The van der Waals surface area contributed by atoms with Gasteiger partial charge in [0.25, 0.3) is 0 Å². The Morgan fingerprint density at radius 2 is 1.96 bits per heavy atom. The van der Waals surface area contributed by atoms with Crippen LogP contribution in [0.15, 0.2) is 53.4 Å². The Labute approximate surface area is 143 Å². The van der Waals surface area contributed by atoms with Crippen LogP contribution in [0.4, 0.5) is 5.69 Å². The molecule has 1 heterocycles. The van der Waals surface area contributed by atoms with Crippen molar-refractivity contribution in [3.63, 3.8) is 0 Å². The fraction of sp³-hybridized carbons (Fsp3) is 0.333. The van der Waals surface area contributed by atoms with Gasteiger partial charge in [0.05, 0.1) is 4.90 Å². The van der Waals surface area contributed by atoms with Gasteiger partial charge in [-0.25, -0.2) is 13.6 Å². The summed E-state index contributed by atoms with van der Waals surface area (Å²) in [4.78, 5) is 2.59. The molecule has 0 aromatic heterocycles. The lowest BCUT2D eigenvalue weighted by Crippen LogP contribution is -2.26. The third-order valence-corrected chi connectivity index (χ3v) is 5.44. The van der Waals surface area contributed by atoms with E-state index in [1.807, 2.05) is 12.1 Å². The summed E-state index contributed by atoms with van der Waals surface area (Å²) < 4.78 is 23.3. The minimum Gasteiger partial charge on any atom is -0.381 e. The van der Waals surface area contributed by atoms with Crippen molar-refractivity contribution >= 4 is 15.7 Å². The van der Waals surface area contributed by atoms with Crippen molar-refractivity contribution in [3.05, 3.63) is 59.7 Å². The maximum Gasteiger partial charge on any atom is 0.238 e. The molecule has 128 valence electrons. The Morgan fingerprint density at radius 1 is 1.21 bits per heavy atom. The van der Waals surface area contributed by atoms with Gasteiger partial charge in [0.1, 0.15) is 0 Å². The van der Waals surface area contributed by atoms with Crippen LogP contribution in [0.5, 0.6) is 0 Å². The number of benzene rings is 2. The van der Waals surface area contributed by atoms with Gasteiger partial charge in [0.2, 0.25) is 10.0 Å². The van der Waals surface area contributed by atoms with Gasteiger partial charge in [-0.05, 0) is 36.6 Å². The first-order chi connectivity index (χ1) is 11.4. The summed E-state index contributed by atoms with van der Waals surface area (Å²) in [6.07, 6.45) is 1.03. The zero-order valence-corrected chi connectivity index (χ0v) is 14.6. The van der Waals surface area contributed by atoms with Gasteiger partial charge >= 0.3 is 0 Å². The average molecular weight is 345 g/mol. The molecule has 3 N–H and O–H groups in total. The lowest BCUT2D eigenvalue weighted by molar-refractivity contribution is 0.328. The number of sulfonamides is 1. The SMILES string of the molecule is Cc1ccc(NC2CCN(Cc3ccccc3)C2)cc1S(N)(=O)=O. The van der Waals surface area contributed by atoms with Crippen LogP contribution in [0.2, 0.25) is 0 Å². The molecule has 0 spiro atoms. The van der Waals surface area contributed by atoms with Crippen LogP contribution in [-0.2, 0) is 16.6 Å². The number of hydrogen-bond acceptors (Lipinski definition) is 4.